The van der Waals surface area contributed by atoms with Crippen molar-refractivity contribution in [2.45, 2.75) is 19.8 Å². The Balaban J connectivity index is 2.14. The number of benzene rings is 2. The van der Waals surface area contributed by atoms with Gasteiger partial charge in [0.1, 0.15) is 6.61 Å². The quantitative estimate of drug-likeness (QED) is 0.716. The van der Waals surface area contributed by atoms with Crippen LogP contribution in [0, 0.1) is 0 Å². The van der Waals surface area contributed by atoms with Gasteiger partial charge in [-0.15, -0.1) is 0 Å². The lowest BCUT2D eigenvalue weighted by Gasteiger charge is -2.04. The molecule has 17 heavy (non-hydrogen) atoms. The minimum atomic E-state index is 0.631. The SMILES string of the molecule is CCON=C1CCc2c1ccc1ccccc21. The predicted octanol–water partition coefficient (Wildman–Crippen LogP) is 3.53. The lowest BCUT2D eigenvalue weighted by molar-refractivity contribution is 0.158. The molecule has 0 N–H and O–H groups in total. The number of hydrogen-bond donors (Lipinski definition) is 0. The van der Waals surface area contributed by atoms with Crippen molar-refractivity contribution >= 4 is 16.5 Å². The van der Waals surface area contributed by atoms with E-state index in [1.165, 1.54) is 21.9 Å². The smallest absolute Gasteiger partial charge is 0.114 e. The lowest BCUT2D eigenvalue weighted by Crippen LogP contribution is -1.96. The zero-order valence-corrected chi connectivity index (χ0v) is 9.94. The summed E-state index contributed by atoms with van der Waals surface area (Å²) in [6, 6.07) is 12.9. The second-order valence-electron chi connectivity index (χ2n) is 4.27. The molecule has 0 aliphatic heterocycles. The van der Waals surface area contributed by atoms with Crippen LogP contribution in [0.3, 0.4) is 0 Å². The topological polar surface area (TPSA) is 21.6 Å². The molecule has 0 radical (unpaired) electrons. The van der Waals surface area contributed by atoms with Crippen molar-refractivity contribution in [3.8, 4) is 0 Å². The van der Waals surface area contributed by atoms with Gasteiger partial charge in [0.2, 0.25) is 0 Å². The molecule has 0 aromatic heterocycles. The molecular weight excluding hydrogens is 210 g/mol. The number of hydrogen-bond acceptors (Lipinski definition) is 2. The number of fused-ring (bicyclic) bond motifs is 3. The number of oxime groups is 1. The standard InChI is InChI=1S/C15H15NO/c1-2-17-16-15-10-9-13-12-6-4-3-5-11(12)7-8-14(13)15/h3-8H,2,9-10H2,1H3. The molecule has 0 fully saturated rings. The molecule has 0 heterocycles. The lowest BCUT2D eigenvalue weighted by atomic mass is 10.0. The zero-order valence-electron chi connectivity index (χ0n) is 9.94. The first-order chi connectivity index (χ1) is 8.40. The van der Waals surface area contributed by atoms with Crippen LogP contribution in [0.4, 0.5) is 0 Å². The van der Waals surface area contributed by atoms with Crippen molar-refractivity contribution in [3.63, 3.8) is 0 Å². The summed E-state index contributed by atoms with van der Waals surface area (Å²) in [6.45, 7) is 2.59. The van der Waals surface area contributed by atoms with Crippen LogP contribution in [0.1, 0.15) is 24.5 Å². The van der Waals surface area contributed by atoms with Crippen LogP contribution in [0.5, 0.6) is 0 Å². The Morgan fingerprint density at radius 2 is 2.00 bits per heavy atom. The van der Waals surface area contributed by atoms with E-state index in [0.29, 0.717) is 6.61 Å². The molecule has 86 valence electrons. The largest absolute Gasteiger partial charge is 0.396 e. The summed E-state index contributed by atoms with van der Waals surface area (Å²) < 4.78 is 0. The normalized spacial score (nSPS) is 16.4. The zero-order chi connectivity index (χ0) is 11.7. The Kier molecular flexibility index (Phi) is 2.56. The third-order valence-electron chi connectivity index (χ3n) is 3.27. The van der Waals surface area contributed by atoms with Gasteiger partial charge in [-0.2, -0.15) is 0 Å². The monoisotopic (exact) mass is 225 g/mol. The van der Waals surface area contributed by atoms with Crippen molar-refractivity contribution in [1.29, 1.82) is 0 Å². The molecule has 0 amide bonds. The molecular formula is C15H15NO. The highest BCUT2D eigenvalue weighted by molar-refractivity contribution is 6.08. The van der Waals surface area contributed by atoms with Crippen molar-refractivity contribution in [1.82, 2.24) is 0 Å². The summed E-state index contributed by atoms with van der Waals surface area (Å²) in [7, 11) is 0. The Morgan fingerprint density at radius 3 is 2.88 bits per heavy atom. The minimum Gasteiger partial charge on any atom is -0.396 e. The molecule has 0 atom stereocenters. The van der Waals surface area contributed by atoms with Crippen LogP contribution in [-0.2, 0) is 11.3 Å². The van der Waals surface area contributed by atoms with E-state index in [2.05, 4.69) is 41.6 Å². The Bertz CT molecular complexity index is 586. The maximum absolute atomic E-state index is 5.17. The van der Waals surface area contributed by atoms with E-state index in [-0.39, 0.29) is 0 Å². The number of rotatable bonds is 2. The molecule has 1 aliphatic rings. The fraction of sp³-hybridized carbons (Fsp3) is 0.267. The molecule has 0 saturated carbocycles. The highest BCUT2D eigenvalue weighted by Crippen LogP contribution is 2.30. The first-order valence-electron chi connectivity index (χ1n) is 6.10. The summed E-state index contributed by atoms with van der Waals surface area (Å²) in [5, 5.41) is 6.87. The first-order valence-corrected chi connectivity index (χ1v) is 6.10. The molecule has 0 bridgehead atoms. The molecule has 0 unspecified atom stereocenters. The molecule has 2 heteroatoms. The van der Waals surface area contributed by atoms with E-state index < -0.39 is 0 Å². The average molecular weight is 225 g/mol. The highest BCUT2D eigenvalue weighted by atomic mass is 16.6. The molecule has 2 aromatic rings. The average Bonchev–Trinajstić information content (AvgIpc) is 2.80. The Labute approximate surface area is 101 Å². The van der Waals surface area contributed by atoms with Crippen molar-refractivity contribution in [2.75, 3.05) is 6.61 Å². The molecule has 1 aliphatic carbocycles. The Morgan fingerprint density at radius 1 is 1.12 bits per heavy atom. The van der Waals surface area contributed by atoms with Gasteiger partial charge in [-0.1, -0.05) is 41.6 Å². The maximum Gasteiger partial charge on any atom is 0.114 e. The van der Waals surface area contributed by atoms with Gasteiger partial charge in [0, 0.05) is 5.56 Å². The van der Waals surface area contributed by atoms with Gasteiger partial charge >= 0.3 is 0 Å². The van der Waals surface area contributed by atoms with Gasteiger partial charge in [0.25, 0.3) is 0 Å². The summed E-state index contributed by atoms with van der Waals surface area (Å²) in [4.78, 5) is 5.17. The van der Waals surface area contributed by atoms with Crippen molar-refractivity contribution < 1.29 is 4.84 Å². The summed E-state index contributed by atoms with van der Waals surface area (Å²) in [5.74, 6) is 0. The third-order valence-corrected chi connectivity index (χ3v) is 3.27. The van der Waals surface area contributed by atoms with Gasteiger partial charge in [-0.3, -0.25) is 0 Å². The number of nitrogens with zero attached hydrogens (tertiary/aromatic N) is 1. The molecule has 2 nitrogen and oxygen atoms in total. The van der Waals surface area contributed by atoms with E-state index in [1.807, 2.05) is 6.92 Å². The fourth-order valence-electron chi connectivity index (χ4n) is 2.49. The maximum atomic E-state index is 5.17. The van der Waals surface area contributed by atoms with Gasteiger partial charge < -0.3 is 4.84 Å². The molecule has 3 rings (SSSR count). The Hall–Kier alpha value is -1.83. The third kappa shape index (κ3) is 1.70. The van der Waals surface area contributed by atoms with Crippen LogP contribution >= 0.6 is 0 Å². The van der Waals surface area contributed by atoms with Crippen molar-refractivity contribution in [2.24, 2.45) is 5.16 Å². The summed E-state index contributed by atoms with van der Waals surface area (Å²) in [6.07, 6.45) is 2.06. The fourth-order valence-corrected chi connectivity index (χ4v) is 2.49. The van der Waals surface area contributed by atoms with Crippen LogP contribution in [0.25, 0.3) is 10.8 Å². The van der Waals surface area contributed by atoms with Gasteiger partial charge in [0.15, 0.2) is 0 Å². The van der Waals surface area contributed by atoms with Gasteiger partial charge in [-0.05, 0) is 36.1 Å². The van der Waals surface area contributed by atoms with Crippen LogP contribution < -0.4 is 0 Å². The van der Waals surface area contributed by atoms with Gasteiger partial charge in [0.05, 0.1) is 5.71 Å². The first kappa shape index (κ1) is 10.3. The van der Waals surface area contributed by atoms with Crippen LogP contribution in [0.2, 0.25) is 0 Å². The van der Waals surface area contributed by atoms with Gasteiger partial charge in [-0.25, -0.2) is 0 Å². The highest BCUT2D eigenvalue weighted by Gasteiger charge is 2.20. The summed E-state index contributed by atoms with van der Waals surface area (Å²) >= 11 is 0. The molecule has 2 aromatic carbocycles. The summed E-state index contributed by atoms with van der Waals surface area (Å²) in [5.41, 5.74) is 3.77. The van der Waals surface area contributed by atoms with E-state index >= 15 is 0 Å². The number of aryl methyl sites for hydroxylation is 1. The van der Waals surface area contributed by atoms with Crippen LogP contribution in [-0.4, -0.2) is 12.3 Å². The second-order valence-corrected chi connectivity index (χ2v) is 4.27. The minimum absolute atomic E-state index is 0.631. The van der Waals surface area contributed by atoms with E-state index in [0.717, 1.165) is 18.6 Å². The molecule has 0 saturated heterocycles. The van der Waals surface area contributed by atoms with Crippen molar-refractivity contribution in [3.05, 3.63) is 47.5 Å². The molecule has 0 spiro atoms. The van der Waals surface area contributed by atoms with E-state index in [1.54, 1.807) is 0 Å². The van der Waals surface area contributed by atoms with Crippen LogP contribution in [0.15, 0.2) is 41.6 Å². The van der Waals surface area contributed by atoms with E-state index in [4.69, 9.17) is 4.84 Å². The predicted molar refractivity (Wildman–Crippen MR) is 70.4 cm³/mol. The van der Waals surface area contributed by atoms with E-state index in [9.17, 15) is 0 Å². The second kappa shape index (κ2) is 4.21.